The van der Waals surface area contributed by atoms with Gasteiger partial charge in [0.05, 0.1) is 5.02 Å². The number of carbonyl (C=O) groups is 1. The summed E-state index contributed by atoms with van der Waals surface area (Å²) in [6.07, 6.45) is 3.25. The van der Waals surface area contributed by atoms with Crippen molar-refractivity contribution in [1.82, 2.24) is 4.90 Å². The second-order valence-electron chi connectivity index (χ2n) is 6.33. The highest BCUT2D eigenvalue weighted by Gasteiger charge is 2.17. The molecule has 0 atom stereocenters. The van der Waals surface area contributed by atoms with E-state index in [-0.39, 0.29) is 12.7 Å². The summed E-state index contributed by atoms with van der Waals surface area (Å²) in [5.41, 5.74) is 2.99. The molecular formula is C20H21ClN2O3. The maximum Gasteiger partial charge on any atom is 0.246 e. The Kier molecular flexibility index (Phi) is 5.38. The molecule has 0 N–H and O–H groups in total. The molecule has 1 heterocycles. The zero-order valence-corrected chi connectivity index (χ0v) is 15.8. The van der Waals surface area contributed by atoms with Gasteiger partial charge in [0.25, 0.3) is 0 Å². The maximum atomic E-state index is 12.4. The molecule has 0 radical (unpaired) electrons. The van der Waals surface area contributed by atoms with Crippen LogP contribution < -0.4 is 14.4 Å². The van der Waals surface area contributed by atoms with Gasteiger partial charge in [0.1, 0.15) is 0 Å². The molecule has 1 amide bonds. The Labute approximate surface area is 158 Å². The van der Waals surface area contributed by atoms with Crippen LogP contribution in [0.15, 0.2) is 42.5 Å². The van der Waals surface area contributed by atoms with Gasteiger partial charge in [-0.1, -0.05) is 23.7 Å². The van der Waals surface area contributed by atoms with Gasteiger partial charge in [-0.05, 0) is 41.5 Å². The van der Waals surface area contributed by atoms with Crippen LogP contribution in [0.5, 0.6) is 11.5 Å². The molecule has 0 aromatic heterocycles. The highest BCUT2D eigenvalue weighted by Crippen LogP contribution is 2.40. The first-order valence-electron chi connectivity index (χ1n) is 8.22. The van der Waals surface area contributed by atoms with Crippen LogP contribution in [0.3, 0.4) is 0 Å². The Bertz CT molecular complexity index is 832. The molecule has 0 saturated carbocycles. The van der Waals surface area contributed by atoms with E-state index >= 15 is 0 Å². The number of hydrogen-bond acceptors (Lipinski definition) is 4. The monoisotopic (exact) mass is 372 g/mol. The maximum absolute atomic E-state index is 12.4. The standard InChI is InChI=1S/C20H21ClN2O3/c1-22(2)16-7-4-14(5-8-16)12-23(3)19(24)9-6-15-10-17(21)20-18(11-15)25-13-26-20/h4-11H,12-13H2,1-3H3/b9-6+. The van der Waals surface area contributed by atoms with Crippen molar-refractivity contribution in [1.29, 1.82) is 0 Å². The quantitative estimate of drug-likeness (QED) is 0.748. The number of anilines is 1. The van der Waals surface area contributed by atoms with Crippen LogP contribution in [-0.2, 0) is 11.3 Å². The summed E-state index contributed by atoms with van der Waals surface area (Å²) in [7, 11) is 5.77. The van der Waals surface area contributed by atoms with E-state index in [0.717, 1.165) is 16.8 Å². The average Bonchev–Trinajstić information content (AvgIpc) is 3.09. The molecule has 5 nitrogen and oxygen atoms in total. The Morgan fingerprint density at radius 2 is 1.88 bits per heavy atom. The molecule has 0 fully saturated rings. The van der Waals surface area contributed by atoms with E-state index in [1.807, 2.05) is 43.3 Å². The first-order chi connectivity index (χ1) is 12.4. The molecular weight excluding hydrogens is 352 g/mol. The number of rotatable bonds is 5. The lowest BCUT2D eigenvalue weighted by molar-refractivity contribution is -0.125. The lowest BCUT2D eigenvalue weighted by atomic mass is 10.1. The van der Waals surface area contributed by atoms with Crippen LogP contribution in [0.1, 0.15) is 11.1 Å². The summed E-state index contributed by atoms with van der Waals surface area (Å²) in [6, 6.07) is 11.7. The van der Waals surface area contributed by atoms with Crippen LogP contribution in [0, 0.1) is 0 Å². The summed E-state index contributed by atoms with van der Waals surface area (Å²) >= 11 is 6.16. The van der Waals surface area contributed by atoms with E-state index in [4.69, 9.17) is 21.1 Å². The molecule has 136 valence electrons. The topological polar surface area (TPSA) is 42.0 Å². The van der Waals surface area contributed by atoms with Crippen molar-refractivity contribution in [3.63, 3.8) is 0 Å². The fourth-order valence-electron chi connectivity index (χ4n) is 2.63. The minimum atomic E-state index is -0.0875. The van der Waals surface area contributed by atoms with E-state index in [1.54, 1.807) is 30.2 Å². The summed E-state index contributed by atoms with van der Waals surface area (Å²) < 4.78 is 10.6. The number of benzene rings is 2. The number of nitrogens with zero attached hydrogens (tertiary/aromatic N) is 2. The largest absolute Gasteiger partial charge is 0.454 e. The minimum absolute atomic E-state index is 0.0875. The van der Waals surface area contributed by atoms with Crippen LogP contribution >= 0.6 is 11.6 Å². The molecule has 1 aliphatic heterocycles. The molecule has 0 spiro atoms. The number of carbonyl (C=O) groups excluding carboxylic acids is 1. The van der Waals surface area contributed by atoms with Gasteiger partial charge < -0.3 is 19.3 Å². The third-order valence-corrected chi connectivity index (χ3v) is 4.40. The Morgan fingerprint density at radius 1 is 1.15 bits per heavy atom. The lowest BCUT2D eigenvalue weighted by Crippen LogP contribution is -2.24. The highest BCUT2D eigenvalue weighted by atomic mass is 35.5. The number of halogens is 1. The smallest absolute Gasteiger partial charge is 0.246 e. The molecule has 26 heavy (non-hydrogen) atoms. The number of likely N-dealkylation sites (N-methyl/N-ethyl adjacent to an activating group) is 1. The van der Waals surface area contributed by atoms with Gasteiger partial charge in [-0.2, -0.15) is 0 Å². The van der Waals surface area contributed by atoms with E-state index in [1.165, 1.54) is 6.08 Å². The molecule has 3 rings (SSSR count). The fraction of sp³-hybridized carbons (Fsp3) is 0.250. The van der Waals surface area contributed by atoms with E-state index in [0.29, 0.717) is 23.1 Å². The number of fused-ring (bicyclic) bond motifs is 1. The predicted octanol–water partition coefficient (Wildman–Crippen LogP) is 3.81. The Balaban J connectivity index is 1.64. The number of amides is 1. The molecule has 1 aliphatic rings. The Morgan fingerprint density at radius 3 is 2.58 bits per heavy atom. The van der Waals surface area contributed by atoms with Crippen LogP contribution in [0.2, 0.25) is 5.02 Å². The molecule has 0 bridgehead atoms. The Hall–Kier alpha value is -2.66. The van der Waals surface area contributed by atoms with E-state index in [2.05, 4.69) is 0 Å². The van der Waals surface area contributed by atoms with Crippen molar-refractivity contribution in [2.75, 3.05) is 32.8 Å². The lowest BCUT2D eigenvalue weighted by Gasteiger charge is -2.17. The van der Waals surface area contributed by atoms with Gasteiger partial charge in [0.15, 0.2) is 11.5 Å². The van der Waals surface area contributed by atoms with Crippen LogP contribution in [0.25, 0.3) is 6.08 Å². The molecule has 0 aliphatic carbocycles. The van der Waals surface area contributed by atoms with Crippen molar-refractivity contribution in [3.8, 4) is 11.5 Å². The van der Waals surface area contributed by atoms with Gasteiger partial charge in [-0.25, -0.2) is 0 Å². The SMILES string of the molecule is CN(Cc1ccc(N(C)C)cc1)C(=O)/C=C/c1cc(Cl)c2c(c1)OCO2. The van der Waals surface area contributed by atoms with Crippen LogP contribution in [0.4, 0.5) is 5.69 Å². The third-order valence-electron chi connectivity index (χ3n) is 4.12. The zero-order valence-electron chi connectivity index (χ0n) is 15.0. The second-order valence-corrected chi connectivity index (χ2v) is 6.73. The normalized spacial score (nSPS) is 12.5. The van der Waals surface area contributed by atoms with Gasteiger partial charge in [0.2, 0.25) is 12.7 Å². The molecule has 6 heteroatoms. The third kappa shape index (κ3) is 4.11. The minimum Gasteiger partial charge on any atom is -0.454 e. The van der Waals surface area contributed by atoms with Gasteiger partial charge >= 0.3 is 0 Å². The number of hydrogen-bond donors (Lipinski definition) is 0. The van der Waals surface area contributed by atoms with Crippen molar-refractivity contribution in [2.24, 2.45) is 0 Å². The number of ether oxygens (including phenoxy) is 2. The zero-order chi connectivity index (χ0) is 18.7. The van der Waals surface area contributed by atoms with Crippen molar-refractivity contribution in [2.45, 2.75) is 6.54 Å². The molecule has 0 saturated heterocycles. The van der Waals surface area contributed by atoms with Crippen molar-refractivity contribution >= 4 is 29.3 Å². The van der Waals surface area contributed by atoms with Gasteiger partial charge in [-0.15, -0.1) is 0 Å². The van der Waals surface area contributed by atoms with Gasteiger partial charge in [0, 0.05) is 39.5 Å². The average molecular weight is 373 g/mol. The summed E-state index contributed by atoms with van der Waals surface area (Å²) in [5, 5.41) is 0.474. The highest BCUT2D eigenvalue weighted by molar-refractivity contribution is 6.32. The second kappa shape index (κ2) is 7.70. The molecule has 0 unspecified atom stereocenters. The summed E-state index contributed by atoms with van der Waals surface area (Å²) in [6.45, 7) is 0.704. The first-order valence-corrected chi connectivity index (χ1v) is 8.60. The first kappa shape index (κ1) is 18.1. The molecule has 2 aromatic carbocycles. The summed E-state index contributed by atoms with van der Waals surface area (Å²) in [4.78, 5) is 16.1. The van der Waals surface area contributed by atoms with Crippen LogP contribution in [-0.4, -0.2) is 38.7 Å². The summed E-state index contributed by atoms with van der Waals surface area (Å²) in [5.74, 6) is 1.06. The molecule has 2 aromatic rings. The van der Waals surface area contributed by atoms with Gasteiger partial charge in [-0.3, -0.25) is 4.79 Å². The van der Waals surface area contributed by atoms with Crippen molar-refractivity contribution < 1.29 is 14.3 Å². The fourth-order valence-corrected chi connectivity index (χ4v) is 2.90. The van der Waals surface area contributed by atoms with E-state index in [9.17, 15) is 4.79 Å². The predicted molar refractivity (Wildman–Crippen MR) is 104 cm³/mol. The van der Waals surface area contributed by atoms with Crippen molar-refractivity contribution in [3.05, 3.63) is 58.6 Å². The van der Waals surface area contributed by atoms with E-state index < -0.39 is 0 Å².